The number of aryl methyl sites for hydroxylation is 1. The van der Waals surface area contributed by atoms with E-state index in [0.717, 1.165) is 17.7 Å². The SMILES string of the molecule is Cc1cc(NC(=O)N[C@H]2c3cc(F)c(F)cc3C(C)(C)C[C@H]2O)c(C2CCOCC2)nc1-c1cnc(=O)[nH]c1. The van der Waals surface area contributed by atoms with E-state index in [4.69, 9.17) is 9.72 Å². The fourth-order valence-electron chi connectivity index (χ4n) is 5.61. The number of amides is 2. The number of halogens is 2. The minimum atomic E-state index is -1.04. The number of aromatic nitrogens is 3. The molecule has 11 heteroatoms. The lowest BCUT2D eigenvalue weighted by Crippen LogP contribution is -2.45. The van der Waals surface area contributed by atoms with E-state index in [9.17, 15) is 23.5 Å². The molecule has 1 aliphatic heterocycles. The van der Waals surface area contributed by atoms with E-state index in [2.05, 4.69) is 20.6 Å². The molecule has 2 amide bonds. The summed E-state index contributed by atoms with van der Waals surface area (Å²) in [5, 5.41) is 16.5. The van der Waals surface area contributed by atoms with Crippen molar-refractivity contribution in [1.29, 1.82) is 0 Å². The Morgan fingerprint density at radius 2 is 1.90 bits per heavy atom. The molecule has 0 unspecified atom stereocenters. The second-order valence-corrected chi connectivity index (χ2v) is 10.9. The number of aliphatic hydroxyl groups is 1. The van der Waals surface area contributed by atoms with Gasteiger partial charge in [0, 0.05) is 37.1 Å². The molecule has 3 aromatic rings. The maximum absolute atomic E-state index is 14.2. The quantitative estimate of drug-likeness (QED) is 0.393. The first kappa shape index (κ1) is 26.9. The molecule has 1 saturated heterocycles. The minimum absolute atomic E-state index is 0.0167. The molecule has 2 aromatic heterocycles. The van der Waals surface area contributed by atoms with Crippen molar-refractivity contribution in [3.05, 3.63) is 75.1 Å². The number of fused-ring (bicyclic) bond motifs is 1. The lowest BCUT2D eigenvalue weighted by atomic mass is 9.69. The number of aliphatic hydroxyl groups excluding tert-OH is 1. The third kappa shape index (κ3) is 5.41. The van der Waals surface area contributed by atoms with Crippen molar-refractivity contribution in [2.24, 2.45) is 0 Å². The summed E-state index contributed by atoms with van der Waals surface area (Å²) in [6, 6.07) is 2.45. The number of hydrogen-bond donors (Lipinski definition) is 4. The van der Waals surface area contributed by atoms with Crippen LogP contribution in [-0.2, 0) is 10.2 Å². The van der Waals surface area contributed by atoms with Gasteiger partial charge < -0.3 is 25.5 Å². The van der Waals surface area contributed by atoms with Gasteiger partial charge in [-0.05, 0) is 66.5 Å². The summed E-state index contributed by atoms with van der Waals surface area (Å²) in [5.41, 5.74) is 2.97. The van der Waals surface area contributed by atoms with Gasteiger partial charge in [-0.1, -0.05) is 13.8 Å². The molecule has 39 heavy (non-hydrogen) atoms. The van der Waals surface area contributed by atoms with Crippen molar-refractivity contribution in [3.63, 3.8) is 0 Å². The zero-order valence-corrected chi connectivity index (χ0v) is 22.0. The predicted molar refractivity (Wildman–Crippen MR) is 141 cm³/mol. The summed E-state index contributed by atoms with van der Waals surface area (Å²) in [6.07, 6.45) is 3.67. The van der Waals surface area contributed by atoms with Crippen molar-refractivity contribution >= 4 is 11.7 Å². The Kier molecular flexibility index (Phi) is 7.21. The normalized spacial score (nSPS) is 20.8. The van der Waals surface area contributed by atoms with Crippen LogP contribution in [0.15, 0.2) is 35.4 Å². The van der Waals surface area contributed by atoms with Crippen molar-refractivity contribution in [2.45, 2.75) is 63.5 Å². The Morgan fingerprint density at radius 3 is 2.59 bits per heavy atom. The number of carbonyl (C=O) groups excluding carboxylic acids is 1. The molecule has 1 fully saturated rings. The van der Waals surface area contributed by atoms with E-state index in [1.165, 1.54) is 6.20 Å². The summed E-state index contributed by atoms with van der Waals surface area (Å²) < 4.78 is 33.8. The number of H-pyrrole nitrogens is 1. The van der Waals surface area contributed by atoms with Gasteiger partial charge in [-0.15, -0.1) is 0 Å². The Hall–Kier alpha value is -3.70. The zero-order chi connectivity index (χ0) is 27.9. The summed E-state index contributed by atoms with van der Waals surface area (Å²) in [5.74, 6) is -2.00. The first-order valence-corrected chi connectivity index (χ1v) is 12.9. The molecule has 206 valence electrons. The number of ether oxygens (including phenoxy) is 1. The Labute approximate surface area is 224 Å². The topological polar surface area (TPSA) is 129 Å². The van der Waals surface area contributed by atoms with E-state index >= 15 is 0 Å². The van der Waals surface area contributed by atoms with E-state index in [1.807, 2.05) is 20.8 Å². The second kappa shape index (κ2) is 10.5. The molecule has 2 atom stereocenters. The van der Waals surface area contributed by atoms with Crippen LogP contribution < -0.4 is 16.3 Å². The maximum Gasteiger partial charge on any atom is 0.344 e. The monoisotopic (exact) mass is 539 g/mol. The van der Waals surface area contributed by atoms with Gasteiger partial charge in [-0.3, -0.25) is 0 Å². The smallest absolute Gasteiger partial charge is 0.344 e. The largest absolute Gasteiger partial charge is 0.391 e. The van der Waals surface area contributed by atoms with Crippen LogP contribution >= 0.6 is 0 Å². The highest BCUT2D eigenvalue weighted by Gasteiger charge is 2.40. The number of urea groups is 1. The van der Waals surface area contributed by atoms with E-state index in [-0.39, 0.29) is 12.3 Å². The van der Waals surface area contributed by atoms with Crippen LogP contribution in [0, 0.1) is 18.6 Å². The summed E-state index contributed by atoms with van der Waals surface area (Å²) in [7, 11) is 0. The number of aromatic amines is 1. The number of carbonyl (C=O) groups is 1. The summed E-state index contributed by atoms with van der Waals surface area (Å²) in [6.45, 7) is 6.65. The number of nitrogens with zero attached hydrogens (tertiary/aromatic N) is 2. The van der Waals surface area contributed by atoms with Gasteiger partial charge in [-0.25, -0.2) is 28.3 Å². The van der Waals surface area contributed by atoms with Crippen LogP contribution in [0.1, 0.15) is 67.5 Å². The molecule has 5 rings (SSSR count). The lowest BCUT2D eigenvalue weighted by molar-refractivity contribution is 0.0846. The number of nitrogens with one attached hydrogen (secondary N) is 3. The van der Waals surface area contributed by atoms with Gasteiger partial charge in [0.05, 0.1) is 29.2 Å². The molecule has 2 aliphatic rings. The Morgan fingerprint density at radius 1 is 1.18 bits per heavy atom. The number of pyridine rings is 1. The molecule has 1 aliphatic carbocycles. The molecular weight excluding hydrogens is 508 g/mol. The molecule has 9 nitrogen and oxygen atoms in total. The van der Waals surface area contributed by atoms with E-state index in [1.54, 1.807) is 12.3 Å². The van der Waals surface area contributed by atoms with Gasteiger partial charge in [0.15, 0.2) is 11.6 Å². The predicted octanol–water partition coefficient (Wildman–Crippen LogP) is 4.22. The van der Waals surface area contributed by atoms with Crippen molar-refractivity contribution < 1.29 is 23.4 Å². The number of benzene rings is 1. The van der Waals surface area contributed by atoms with Crippen LogP contribution in [0.3, 0.4) is 0 Å². The van der Waals surface area contributed by atoms with Crippen LogP contribution in [0.4, 0.5) is 19.3 Å². The molecule has 0 bridgehead atoms. The highest BCUT2D eigenvalue weighted by Crippen LogP contribution is 2.43. The molecule has 0 saturated carbocycles. The highest BCUT2D eigenvalue weighted by molar-refractivity contribution is 5.91. The lowest BCUT2D eigenvalue weighted by Gasteiger charge is -2.40. The van der Waals surface area contributed by atoms with Gasteiger partial charge in [0.2, 0.25) is 0 Å². The fourth-order valence-corrected chi connectivity index (χ4v) is 5.61. The van der Waals surface area contributed by atoms with E-state index < -0.39 is 40.9 Å². The van der Waals surface area contributed by atoms with Crippen molar-refractivity contribution in [1.82, 2.24) is 20.3 Å². The zero-order valence-electron chi connectivity index (χ0n) is 22.0. The Balaban J connectivity index is 1.47. The second-order valence-electron chi connectivity index (χ2n) is 10.9. The van der Waals surface area contributed by atoms with Crippen molar-refractivity contribution in [2.75, 3.05) is 18.5 Å². The average Bonchev–Trinajstić information content (AvgIpc) is 2.89. The summed E-state index contributed by atoms with van der Waals surface area (Å²) in [4.78, 5) is 36.0. The molecular formula is C28H31F2N5O4. The number of anilines is 1. The molecule has 0 radical (unpaired) electrons. The highest BCUT2D eigenvalue weighted by atomic mass is 19.2. The minimum Gasteiger partial charge on any atom is -0.391 e. The van der Waals surface area contributed by atoms with E-state index in [0.29, 0.717) is 59.8 Å². The first-order valence-electron chi connectivity index (χ1n) is 12.9. The number of hydrogen-bond acceptors (Lipinski definition) is 6. The van der Waals surface area contributed by atoms with Crippen LogP contribution in [0.2, 0.25) is 0 Å². The molecule has 0 spiro atoms. The molecule has 1 aromatic carbocycles. The van der Waals surface area contributed by atoms with Gasteiger partial charge in [0.25, 0.3) is 0 Å². The summed E-state index contributed by atoms with van der Waals surface area (Å²) >= 11 is 0. The molecule has 3 heterocycles. The van der Waals surface area contributed by atoms with Gasteiger partial charge >= 0.3 is 11.7 Å². The van der Waals surface area contributed by atoms with Crippen LogP contribution in [0.5, 0.6) is 0 Å². The van der Waals surface area contributed by atoms with Crippen LogP contribution in [0.25, 0.3) is 11.3 Å². The average molecular weight is 540 g/mol. The van der Waals surface area contributed by atoms with Gasteiger partial charge in [0.1, 0.15) is 0 Å². The third-order valence-electron chi connectivity index (χ3n) is 7.59. The molecule has 4 N–H and O–H groups in total. The first-order chi connectivity index (χ1) is 18.5. The standard InChI is InChI=1S/C28H31F2N5O4/c1-14-8-21(24(15-4-6-39-7-5-15)34-23(14)16-12-31-26(37)32-13-16)33-27(38)35-25-17-9-19(29)20(30)10-18(17)28(2,3)11-22(25)36/h8-10,12-13,15,22,25,36H,4-7,11H2,1-3H3,(H,31,32,37)(H2,33,35,38)/t22-,25+/m1/s1. The third-order valence-corrected chi connectivity index (χ3v) is 7.59. The maximum atomic E-state index is 14.2. The Bertz CT molecular complexity index is 1450. The van der Waals surface area contributed by atoms with Crippen LogP contribution in [-0.4, -0.2) is 45.4 Å². The number of rotatable bonds is 4. The van der Waals surface area contributed by atoms with Crippen molar-refractivity contribution in [3.8, 4) is 11.3 Å². The fraction of sp³-hybridized carbons (Fsp3) is 0.429. The van der Waals surface area contributed by atoms with Gasteiger partial charge in [-0.2, -0.15) is 0 Å².